The quantitative estimate of drug-likeness (QED) is 0.792. The lowest BCUT2D eigenvalue weighted by atomic mass is 10.0. The Balaban J connectivity index is 2.43. The van der Waals surface area contributed by atoms with Gasteiger partial charge in [0, 0.05) is 18.8 Å². The van der Waals surface area contributed by atoms with E-state index in [0.29, 0.717) is 12.0 Å². The Labute approximate surface area is 96.8 Å². The summed E-state index contributed by atoms with van der Waals surface area (Å²) in [6.45, 7) is 4.19. The Kier molecular flexibility index (Phi) is 4.93. The molecule has 3 nitrogen and oxygen atoms in total. The van der Waals surface area contributed by atoms with E-state index in [-0.39, 0.29) is 11.9 Å². The summed E-state index contributed by atoms with van der Waals surface area (Å²) in [7, 11) is 1.89. The van der Waals surface area contributed by atoms with Crippen molar-refractivity contribution in [3.63, 3.8) is 0 Å². The van der Waals surface area contributed by atoms with E-state index in [1.54, 1.807) is 0 Å². The average Bonchev–Trinajstić information content (AvgIpc) is 2.67. The van der Waals surface area contributed by atoms with Crippen LogP contribution in [0.5, 0.6) is 0 Å². The van der Waals surface area contributed by atoms with Gasteiger partial charge in [0.15, 0.2) is 0 Å². The zero-order valence-electron chi connectivity index (χ0n) is 9.90. The highest BCUT2D eigenvalue weighted by molar-refractivity contribution is 7.99. The van der Waals surface area contributed by atoms with Crippen molar-refractivity contribution in [3.05, 3.63) is 0 Å². The maximum Gasteiger partial charge on any atom is 0.239 e. The number of amides is 1. The minimum absolute atomic E-state index is 0.108. The van der Waals surface area contributed by atoms with Gasteiger partial charge in [-0.05, 0) is 24.5 Å². The second-order valence-electron chi connectivity index (χ2n) is 4.70. The Morgan fingerprint density at radius 3 is 2.73 bits per heavy atom. The zero-order chi connectivity index (χ0) is 11.4. The molecular weight excluding hydrogens is 208 g/mol. The Morgan fingerprint density at radius 2 is 2.27 bits per heavy atom. The molecule has 0 aromatic carbocycles. The van der Waals surface area contributed by atoms with Gasteiger partial charge in [-0.1, -0.05) is 13.8 Å². The van der Waals surface area contributed by atoms with Crippen LogP contribution in [0.3, 0.4) is 0 Å². The molecular formula is C11H22N2OS. The minimum atomic E-state index is -0.319. The summed E-state index contributed by atoms with van der Waals surface area (Å²) in [5, 5.41) is 0. The van der Waals surface area contributed by atoms with Crippen LogP contribution in [0.25, 0.3) is 0 Å². The number of likely N-dealkylation sites (N-methyl/N-ethyl adjacent to an activating group) is 1. The molecule has 0 aliphatic carbocycles. The largest absolute Gasteiger partial charge is 0.341 e. The molecule has 0 radical (unpaired) electrons. The van der Waals surface area contributed by atoms with Crippen molar-refractivity contribution in [2.45, 2.75) is 38.8 Å². The fourth-order valence-electron chi connectivity index (χ4n) is 1.88. The lowest BCUT2D eigenvalue weighted by Crippen LogP contribution is -2.47. The molecule has 0 aromatic rings. The fraction of sp³-hybridized carbons (Fsp3) is 0.909. The van der Waals surface area contributed by atoms with E-state index < -0.39 is 0 Å². The molecule has 0 spiro atoms. The van der Waals surface area contributed by atoms with Crippen LogP contribution in [-0.2, 0) is 4.79 Å². The van der Waals surface area contributed by atoms with Gasteiger partial charge in [0.05, 0.1) is 6.04 Å². The van der Waals surface area contributed by atoms with Crippen LogP contribution in [0.1, 0.15) is 26.7 Å². The van der Waals surface area contributed by atoms with Crippen LogP contribution >= 0.6 is 11.8 Å². The summed E-state index contributed by atoms with van der Waals surface area (Å²) >= 11 is 1.92. The van der Waals surface area contributed by atoms with E-state index in [4.69, 9.17) is 5.73 Å². The second-order valence-corrected chi connectivity index (χ2v) is 5.85. The van der Waals surface area contributed by atoms with Gasteiger partial charge in [0.2, 0.25) is 5.91 Å². The van der Waals surface area contributed by atoms with E-state index in [0.717, 1.165) is 18.6 Å². The monoisotopic (exact) mass is 230 g/mol. The lowest BCUT2D eigenvalue weighted by molar-refractivity contribution is -0.133. The van der Waals surface area contributed by atoms with Crippen molar-refractivity contribution in [2.24, 2.45) is 11.7 Å². The highest BCUT2D eigenvalue weighted by Gasteiger charge is 2.27. The number of carbonyl (C=O) groups is 1. The summed E-state index contributed by atoms with van der Waals surface area (Å²) in [6, 6.07) is 0.0845. The van der Waals surface area contributed by atoms with Crippen molar-refractivity contribution in [3.8, 4) is 0 Å². The molecule has 1 saturated heterocycles. The van der Waals surface area contributed by atoms with Crippen LogP contribution in [0.2, 0.25) is 0 Å². The third-order valence-corrected chi connectivity index (χ3v) is 3.99. The summed E-state index contributed by atoms with van der Waals surface area (Å²) in [5.41, 5.74) is 5.89. The molecule has 4 heteroatoms. The van der Waals surface area contributed by atoms with Crippen molar-refractivity contribution in [1.29, 1.82) is 0 Å². The molecule has 15 heavy (non-hydrogen) atoms. The Hall–Kier alpha value is -0.220. The SMILES string of the molecule is CC(C)C[C@@H](N)C(=O)N(C)C1CCSC1. The minimum Gasteiger partial charge on any atom is -0.341 e. The maximum absolute atomic E-state index is 12.0. The normalized spacial score (nSPS) is 23.1. The van der Waals surface area contributed by atoms with E-state index in [9.17, 15) is 4.79 Å². The molecule has 0 bridgehead atoms. The van der Waals surface area contributed by atoms with Crippen LogP contribution < -0.4 is 5.73 Å². The number of nitrogens with zero attached hydrogens (tertiary/aromatic N) is 1. The Morgan fingerprint density at radius 1 is 1.60 bits per heavy atom. The van der Waals surface area contributed by atoms with Crippen LogP contribution in [0.4, 0.5) is 0 Å². The van der Waals surface area contributed by atoms with E-state index in [1.807, 2.05) is 23.7 Å². The van der Waals surface area contributed by atoms with Gasteiger partial charge in [-0.2, -0.15) is 11.8 Å². The smallest absolute Gasteiger partial charge is 0.239 e. The number of hydrogen-bond donors (Lipinski definition) is 1. The van der Waals surface area contributed by atoms with Crippen LogP contribution in [-0.4, -0.2) is 41.4 Å². The highest BCUT2D eigenvalue weighted by Crippen LogP contribution is 2.22. The molecule has 1 fully saturated rings. The molecule has 1 amide bonds. The summed E-state index contributed by atoms with van der Waals surface area (Å²) in [4.78, 5) is 13.8. The van der Waals surface area contributed by atoms with Gasteiger partial charge < -0.3 is 10.6 Å². The molecule has 1 heterocycles. The standard InChI is InChI=1S/C11H22N2OS/c1-8(2)6-10(12)11(14)13(3)9-4-5-15-7-9/h8-10H,4-7,12H2,1-3H3/t9?,10-/m1/s1. The first-order valence-corrected chi connectivity index (χ1v) is 6.77. The molecule has 2 N–H and O–H groups in total. The second kappa shape index (κ2) is 5.75. The van der Waals surface area contributed by atoms with Crippen molar-refractivity contribution in [2.75, 3.05) is 18.6 Å². The van der Waals surface area contributed by atoms with Gasteiger partial charge >= 0.3 is 0 Å². The third-order valence-electron chi connectivity index (χ3n) is 2.84. The fourth-order valence-corrected chi connectivity index (χ4v) is 3.15. The van der Waals surface area contributed by atoms with Crippen LogP contribution in [0, 0.1) is 5.92 Å². The number of nitrogens with two attached hydrogens (primary N) is 1. The summed E-state index contributed by atoms with van der Waals surface area (Å²) in [5.74, 6) is 2.82. The number of rotatable bonds is 4. The average molecular weight is 230 g/mol. The van der Waals surface area contributed by atoms with Crippen molar-refractivity contribution < 1.29 is 4.79 Å². The van der Waals surface area contributed by atoms with E-state index in [2.05, 4.69) is 13.8 Å². The van der Waals surface area contributed by atoms with Crippen LogP contribution in [0.15, 0.2) is 0 Å². The highest BCUT2D eigenvalue weighted by atomic mass is 32.2. The van der Waals surface area contributed by atoms with Crippen molar-refractivity contribution in [1.82, 2.24) is 4.90 Å². The number of carbonyl (C=O) groups excluding carboxylic acids is 1. The van der Waals surface area contributed by atoms with Gasteiger partial charge in [-0.25, -0.2) is 0 Å². The van der Waals surface area contributed by atoms with E-state index in [1.165, 1.54) is 5.75 Å². The van der Waals surface area contributed by atoms with Crippen molar-refractivity contribution >= 4 is 17.7 Å². The number of thioether (sulfide) groups is 1. The first-order chi connectivity index (χ1) is 7.02. The van der Waals surface area contributed by atoms with Gasteiger partial charge in [0.25, 0.3) is 0 Å². The predicted molar refractivity (Wildman–Crippen MR) is 65.9 cm³/mol. The number of hydrogen-bond acceptors (Lipinski definition) is 3. The molecule has 1 aliphatic rings. The molecule has 2 atom stereocenters. The molecule has 88 valence electrons. The molecule has 1 aliphatic heterocycles. The molecule has 1 unspecified atom stereocenters. The Bertz CT molecular complexity index is 215. The molecule has 1 rings (SSSR count). The van der Waals surface area contributed by atoms with Gasteiger partial charge in [-0.15, -0.1) is 0 Å². The lowest BCUT2D eigenvalue weighted by Gasteiger charge is -2.27. The topological polar surface area (TPSA) is 46.3 Å². The predicted octanol–water partition coefficient (Wildman–Crippen LogP) is 1.32. The molecule has 0 saturated carbocycles. The zero-order valence-corrected chi connectivity index (χ0v) is 10.7. The first kappa shape index (κ1) is 12.8. The van der Waals surface area contributed by atoms with Gasteiger partial charge in [0.1, 0.15) is 0 Å². The third kappa shape index (κ3) is 3.68. The van der Waals surface area contributed by atoms with Gasteiger partial charge in [-0.3, -0.25) is 4.79 Å². The summed E-state index contributed by atoms with van der Waals surface area (Å²) in [6.07, 6.45) is 1.89. The maximum atomic E-state index is 12.0. The van der Waals surface area contributed by atoms with E-state index >= 15 is 0 Å². The first-order valence-electron chi connectivity index (χ1n) is 5.62. The summed E-state index contributed by atoms with van der Waals surface area (Å²) < 4.78 is 0. The molecule has 0 aromatic heterocycles.